The number of aromatic nitrogens is 1. The van der Waals surface area contributed by atoms with E-state index in [1.165, 1.54) is 11.3 Å². The van der Waals surface area contributed by atoms with Gasteiger partial charge in [0.05, 0.1) is 11.6 Å². The molecule has 7 heteroatoms. The Bertz CT molecular complexity index is 732. The molecule has 1 amide bonds. The number of anilines is 1. The molecule has 0 saturated heterocycles. The maximum atomic E-state index is 12.3. The predicted octanol–water partition coefficient (Wildman–Crippen LogP) is 3.94. The van der Waals surface area contributed by atoms with Crippen molar-refractivity contribution in [2.45, 2.75) is 39.0 Å². The summed E-state index contributed by atoms with van der Waals surface area (Å²) in [4.78, 5) is 27.1. The van der Waals surface area contributed by atoms with Crippen LogP contribution < -0.4 is 10.1 Å². The highest BCUT2D eigenvalue weighted by atomic mass is 32.1. The molecule has 0 spiro atoms. The average molecular weight is 362 g/mol. The summed E-state index contributed by atoms with van der Waals surface area (Å²) >= 11 is 1.48. The first-order chi connectivity index (χ1) is 11.8. The van der Waals surface area contributed by atoms with Crippen molar-refractivity contribution >= 4 is 28.9 Å². The molecule has 2 N–H and O–H groups in total. The highest BCUT2D eigenvalue weighted by Gasteiger charge is 2.20. The number of hydrogen-bond acceptors (Lipinski definition) is 5. The number of carbonyl (C=O) groups excluding carboxylic acids is 1. The van der Waals surface area contributed by atoms with Gasteiger partial charge in [-0.25, -0.2) is 4.98 Å². The van der Waals surface area contributed by atoms with Gasteiger partial charge in [-0.3, -0.25) is 9.59 Å². The lowest BCUT2D eigenvalue weighted by Crippen LogP contribution is -2.15. The highest BCUT2D eigenvalue weighted by Crippen LogP contribution is 2.26. The topological polar surface area (TPSA) is 88.5 Å². The van der Waals surface area contributed by atoms with Crippen molar-refractivity contribution in [3.63, 3.8) is 0 Å². The fourth-order valence-corrected chi connectivity index (χ4v) is 2.85. The Labute approximate surface area is 150 Å². The van der Waals surface area contributed by atoms with Crippen LogP contribution in [-0.4, -0.2) is 28.6 Å². The SMILES string of the molecule is CC(C)(C)c1nc(C(=O)Nc2ccc(OCCCC(=O)O)cc2)cs1. The Morgan fingerprint density at radius 1 is 1.24 bits per heavy atom. The molecular weight excluding hydrogens is 340 g/mol. The van der Waals surface area contributed by atoms with Gasteiger partial charge in [-0.05, 0) is 30.7 Å². The minimum Gasteiger partial charge on any atom is -0.494 e. The monoisotopic (exact) mass is 362 g/mol. The van der Waals surface area contributed by atoms with Gasteiger partial charge in [0, 0.05) is 22.9 Å². The fourth-order valence-electron chi connectivity index (χ4n) is 1.97. The number of hydrogen-bond donors (Lipinski definition) is 2. The number of ether oxygens (including phenoxy) is 1. The summed E-state index contributed by atoms with van der Waals surface area (Å²) in [6.07, 6.45) is 0.534. The van der Waals surface area contributed by atoms with Crippen LogP contribution in [-0.2, 0) is 10.2 Å². The molecule has 0 radical (unpaired) electrons. The van der Waals surface area contributed by atoms with E-state index in [9.17, 15) is 9.59 Å². The summed E-state index contributed by atoms with van der Waals surface area (Å²) in [6, 6.07) is 6.94. The normalized spacial score (nSPS) is 11.2. The van der Waals surface area contributed by atoms with E-state index < -0.39 is 5.97 Å². The number of benzene rings is 1. The maximum absolute atomic E-state index is 12.3. The molecule has 0 bridgehead atoms. The molecule has 2 aromatic rings. The largest absolute Gasteiger partial charge is 0.494 e. The number of amides is 1. The Morgan fingerprint density at radius 3 is 2.48 bits per heavy atom. The summed E-state index contributed by atoms with van der Waals surface area (Å²) in [5.74, 6) is -0.452. The van der Waals surface area contributed by atoms with E-state index in [-0.39, 0.29) is 17.7 Å². The van der Waals surface area contributed by atoms with Crippen LogP contribution in [0.4, 0.5) is 5.69 Å². The van der Waals surface area contributed by atoms with E-state index in [4.69, 9.17) is 9.84 Å². The van der Waals surface area contributed by atoms with E-state index in [1.807, 2.05) is 0 Å². The van der Waals surface area contributed by atoms with Crippen LogP contribution in [0, 0.1) is 0 Å². The predicted molar refractivity (Wildman–Crippen MR) is 97.6 cm³/mol. The minimum atomic E-state index is -0.835. The minimum absolute atomic E-state index is 0.0805. The first kappa shape index (κ1) is 18.9. The van der Waals surface area contributed by atoms with E-state index in [1.54, 1.807) is 29.6 Å². The zero-order valence-corrected chi connectivity index (χ0v) is 15.4. The lowest BCUT2D eigenvalue weighted by atomic mass is 9.98. The molecule has 0 aliphatic carbocycles. The van der Waals surface area contributed by atoms with Crippen molar-refractivity contribution in [1.29, 1.82) is 0 Å². The van der Waals surface area contributed by atoms with Crippen LogP contribution in [0.1, 0.15) is 49.1 Å². The number of carboxylic acids is 1. The van der Waals surface area contributed by atoms with Gasteiger partial charge in [0.15, 0.2) is 0 Å². The standard InChI is InChI=1S/C18H22N2O4S/c1-18(2,3)17-20-14(11-25-17)16(23)19-12-6-8-13(9-7-12)24-10-4-5-15(21)22/h6-9,11H,4-5,10H2,1-3H3,(H,19,23)(H,21,22). The summed E-state index contributed by atoms with van der Waals surface area (Å²) in [5.41, 5.74) is 0.972. The van der Waals surface area contributed by atoms with Crippen LogP contribution in [0.5, 0.6) is 5.75 Å². The smallest absolute Gasteiger partial charge is 0.303 e. The number of thiazole rings is 1. The van der Waals surface area contributed by atoms with Crippen LogP contribution >= 0.6 is 11.3 Å². The third-order valence-corrected chi connectivity index (χ3v) is 4.56. The third-order valence-electron chi connectivity index (χ3n) is 3.29. The van der Waals surface area contributed by atoms with Gasteiger partial charge in [-0.2, -0.15) is 0 Å². The second-order valence-electron chi connectivity index (χ2n) is 6.61. The maximum Gasteiger partial charge on any atom is 0.303 e. The Hall–Kier alpha value is -2.41. The molecule has 0 saturated carbocycles. The van der Waals surface area contributed by atoms with Gasteiger partial charge in [-0.15, -0.1) is 11.3 Å². The zero-order chi connectivity index (χ0) is 18.4. The second kappa shape index (κ2) is 8.11. The molecule has 0 fully saturated rings. The molecule has 0 atom stereocenters. The number of nitrogens with zero attached hydrogens (tertiary/aromatic N) is 1. The fraction of sp³-hybridized carbons (Fsp3) is 0.389. The molecule has 1 aromatic heterocycles. The lowest BCUT2D eigenvalue weighted by molar-refractivity contribution is -0.137. The van der Waals surface area contributed by atoms with Crippen molar-refractivity contribution in [2.75, 3.05) is 11.9 Å². The van der Waals surface area contributed by atoms with Crippen LogP contribution in [0.15, 0.2) is 29.6 Å². The zero-order valence-electron chi connectivity index (χ0n) is 14.5. The molecule has 0 aliphatic heterocycles. The van der Waals surface area contributed by atoms with Gasteiger partial charge < -0.3 is 15.2 Å². The van der Waals surface area contributed by atoms with Crippen LogP contribution in [0.25, 0.3) is 0 Å². The second-order valence-corrected chi connectivity index (χ2v) is 7.47. The molecule has 0 unspecified atom stereocenters. The molecule has 0 aliphatic rings. The molecular formula is C18H22N2O4S. The lowest BCUT2D eigenvalue weighted by Gasteiger charge is -2.13. The molecule has 6 nitrogen and oxygen atoms in total. The Balaban J connectivity index is 1.89. The Kier molecular flexibility index (Phi) is 6.14. The van der Waals surface area contributed by atoms with E-state index in [0.29, 0.717) is 30.2 Å². The van der Waals surface area contributed by atoms with Crippen LogP contribution in [0.2, 0.25) is 0 Å². The molecule has 2 rings (SSSR count). The third kappa shape index (κ3) is 5.86. The van der Waals surface area contributed by atoms with Crippen LogP contribution in [0.3, 0.4) is 0 Å². The summed E-state index contributed by atoms with van der Waals surface area (Å²) in [5, 5.41) is 14.1. The van der Waals surface area contributed by atoms with Gasteiger partial charge in [0.2, 0.25) is 0 Å². The van der Waals surface area contributed by atoms with Crippen molar-refractivity contribution in [2.24, 2.45) is 0 Å². The van der Waals surface area contributed by atoms with Crippen molar-refractivity contribution in [3.05, 3.63) is 40.3 Å². The molecule has 134 valence electrons. The highest BCUT2D eigenvalue weighted by molar-refractivity contribution is 7.10. The van der Waals surface area contributed by atoms with Crippen molar-refractivity contribution < 1.29 is 19.4 Å². The first-order valence-electron chi connectivity index (χ1n) is 7.98. The molecule has 25 heavy (non-hydrogen) atoms. The van der Waals surface area contributed by atoms with E-state index in [0.717, 1.165) is 5.01 Å². The number of carbonyl (C=O) groups is 2. The molecule has 1 heterocycles. The van der Waals surface area contributed by atoms with Gasteiger partial charge in [-0.1, -0.05) is 20.8 Å². The number of carboxylic acid groups (broad SMARTS) is 1. The summed E-state index contributed by atoms with van der Waals surface area (Å²) < 4.78 is 5.46. The van der Waals surface area contributed by atoms with Gasteiger partial charge in [0.1, 0.15) is 11.4 Å². The molecule has 1 aromatic carbocycles. The number of rotatable bonds is 7. The summed E-state index contributed by atoms with van der Waals surface area (Å²) in [6.45, 7) is 6.51. The van der Waals surface area contributed by atoms with E-state index in [2.05, 4.69) is 31.1 Å². The number of aliphatic carboxylic acids is 1. The van der Waals surface area contributed by atoms with E-state index >= 15 is 0 Å². The quantitative estimate of drug-likeness (QED) is 0.729. The Morgan fingerprint density at radius 2 is 1.92 bits per heavy atom. The van der Waals surface area contributed by atoms with Gasteiger partial charge in [0.25, 0.3) is 5.91 Å². The van der Waals surface area contributed by atoms with Crippen molar-refractivity contribution in [3.8, 4) is 5.75 Å². The first-order valence-corrected chi connectivity index (χ1v) is 8.85. The number of nitrogens with one attached hydrogen (secondary N) is 1. The average Bonchev–Trinajstić information content (AvgIpc) is 3.03. The summed E-state index contributed by atoms with van der Waals surface area (Å²) in [7, 11) is 0. The van der Waals surface area contributed by atoms with Gasteiger partial charge >= 0.3 is 5.97 Å². The van der Waals surface area contributed by atoms with Crippen molar-refractivity contribution in [1.82, 2.24) is 4.98 Å².